The van der Waals surface area contributed by atoms with Gasteiger partial charge < -0.3 is 19.6 Å². The molecule has 0 radical (unpaired) electrons. The molecule has 1 spiro atoms. The average Bonchev–Trinajstić information content (AvgIpc) is 3.32. The van der Waals surface area contributed by atoms with Crippen molar-refractivity contribution < 1.29 is 24.2 Å². The number of methoxy groups -OCH3 is 1. The van der Waals surface area contributed by atoms with E-state index in [0.717, 1.165) is 37.8 Å². The Labute approximate surface area is 158 Å². The molecule has 2 fully saturated rings. The molecule has 0 saturated carbocycles. The van der Waals surface area contributed by atoms with Crippen LogP contribution in [-0.4, -0.2) is 82.3 Å². The van der Waals surface area contributed by atoms with Crippen LogP contribution in [0.4, 0.5) is 0 Å². The number of aromatic amines is 1. The number of aryl methyl sites for hydroxylation is 1. The minimum atomic E-state index is -0.612. The monoisotopic (exact) mass is 380 g/mol. The highest BCUT2D eigenvalue weighted by molar-refractivity contribution is 5.92. The minimum Gasteiger partial charge on any atom is -0.483 e. The highest BCUT2D eigenvalue weighted by atomic mass is 16.5. The second-order valence-electron chi connectivity index (χ2n) is 6.78. The Morgan fingerprint density at radius 2 is 2.11 bits per heavy atom. The van der Waals surface area contributed by atoms with Gasteiger partial charge in [0.05, 0.1) is 12.8 Å². The van der Waals surface area contributed by atoms with Gasteiger partial charge in [0.2, 0.25) is 11.8 Å². The predicted octanol–water partition coefficient (Wildman–Crippen LogP) is 0.673. The lowest BCUT2D eigenvalue weighted by molar-refractivity contribution is -0.155. The van der Waals surface area contributed by atoms with Crippen LogP contribution in [0.15, 0.2) is 12.4 Å². The topological polar surface area (TPSA) is 116 Å². The first-order valence-corrected chi connectivity index (χ1v) is 9.23. The molecule has 9 nitrogen and oxygen atoms in total. The molecule has 3 rings (SSSR count). The summed E-state index contributed by atoms with van der Waals surface area (Å²) in [4.78, 5) is 37.9. The molecule has 1 aromatic heterocycles. The minimum absolute atomic E-state index is 0.0793. The number of hydrogen-bond acceptors (Lipinski definition) is 5. The summed E-state index contributed by atoms with van der Waals surface area (Å²) in [6.07, 6.45) is 8.05. The number of rotatable bonds is 6. The van der Waals surface area contributed by atoms with Gasteiger partial charge in [-0.1, -0.05) is 0 Å². The van der Waals surface area contributed by atoms with Crippen molar-refractivity contribution in [1.82, 2.24) is 20.0 Å². The zero-order valence-corrected chi connectivity index (χ0v) is 15.7. The van der Waals surface area contributed by atoms with Crippen LogP contribution in [0.25, 0.3) is 0 Å². The van der Waals surface area contributed by atoms with Crippen molar-refractivity contribution in [3.63, 3.8) is 0 Å². The standard InChI is InChI=1S/C17H26N4O3.CH2O2/c1-24-11-10-20-8-2-6-17(16(20)23)7-3-9-21(17)15(22)5-4-14-12-18-19-13-14;2-1-3/h12-13H,2-11H2,1H3,(H,18,19);1H,(H,2,3). The normalized spacial score (nSPS) is 21.9. The van der Waals surface area contributed by atoms with E-state index in [9.17, 15) is 9.59 Å². The fraction of sp³-hybridized carbons (Fsp3) is 0.667. The molecule has 1 unspecified atom stereocenters. The van der Waals surface area contributed by atoms with Crippen molar-refractivity contribution in [3.8, 4) is 0 Å². The molecule has 2 aliphatic heterocycles. The Kier molecular flexibility index (Phi) is 7.78. The first kappa shape index (κ1) is 20.9. The van der Waals surface area contributed by atoms with E-state index >= 15 is 0 Å². The maximum atomic E-state index is 13.1. The second-order valence-corrected chi connectivity index (χ2v) is 6.78. The van der Waals surface area contributed by atoms with E-state index < -0.39 is 5.54 Å². The number of hydrogen-bond donors (Lipinski definition) is 2. The van der Waals surface area contributed by atoms with E-state index in [4.69, 9.17) is 14.6 Å². The third-order valence-corrected chi connectivity index (χ3v) is 5.24. The van der Waals surface area contributed by atoms with Crippen molar-refractivity contribution in [1.29, 1.82) is 0 Å². The third kappa shape index (κ3) is 4.85. The number of H-pyrrole nitrogens is 1. The summed E-state index contributed by atoms with van der Waals surface area (Å²) in [5.41, 5.74) is 0.410. The lowest BCUT2D eigenvalue weighted by Gasteiger charge is -2.44. The van der Waals surface area contributed by atoms with Crippen molar-refractivity contribution in [3.05, 3.63) is 18.0 Å². The fourth-order valence-electron chi connectivity index (χ4n) is 4.00. The molecule has 0 aliphatic carbocycles. The van der Waals surface area contributed by atoms with Gasteiger partial charge in [0, 0.05) is 39.4 Å². The van der Waals surface area contributed by atoms with Crippen LogP contribution in [0.2, 0.25) is 0 Å². The molecule has 1 atom stereocenters. The quantitative estimate of drug-likeness (QED) is 0.701. The molecule has 2 N–H and O–H groups in total. The van der Waals surface area contributed by atoms with E-state index in [-0.39, 0.29) is 18.3 Å². The number of nitrogens with one attached hydrogen (secondary N) is 1. The first-order valence-electron chi connectivity index (χ1n) is 9.23. The van der Waals surface area contributed by atoms with Crippen LogP contribution in [0.3, 0.4) is 0 Å². The van der Waals surface area contributed by atoms with Gasteiger partial charge in [-0.2, -0.15) is 5.10 Å². The molecular weight excluding hydrogens is 352 g/mol. The van der Waals surface area contributed by atoms with Crippen molar-refractivity contribution in [2.24, 2.45) is 0 Å². The third-order valence-electron chi connectivity index (χ3n) is 5.24. The summed E-state index contributed by atoms with van der Waals surface area (Å²) in [5, 5.41) is 13.6. The van der Waals surface area contributed by atoms with Gasteiger partial charge in [-0.15, -0.1) is 0 Å². The van der Waals surface area contributed by atoms with Crippen LogP contribution in [0.1, 0.15) is 37.7 Å². The van der Waals surface area contributed by atoms with Crippen LogP contribution >= 0.6 is 0 Å². The largest absolute Gasteiger partial charge is 0.483 e. The Morgan fingerprint density at radius 3 is 2.74 bits per heavy atom. The molecule has 0 aromatic carbocycles. The lowest BCUT2D eigenvalue weighted by Crippen LogP contribution is -2.61. The zero-order chi connectivity index (χ0) is 19.7. The van der Waals surface area contributed by atoms with Gasteiger partial charge >= 0.3 is 0 Å². The molecule has 150 valence electrons. The summed E-state index contributed by atoms with van der Waals surface area (Å²) >= 11 is 0. The van der Waals surface area contributed by atoms with Crippen LogP contribution < -0.4 is 0 Å². The average molecular weight is 380 g/mol. The molecule has 2 amide bonds. The second kappa shape index (κ2) is 10.1. The summed E-state index contributed by atoms with van der Waals surface area (Å²) < 4.78 is 5.11. The Hall–Kier alpha value is -2.42. The van der Waals surface area contributed by atoms with Gasteiger partial charge in [-0.05, 0) is 37.7 Å². The van der Waals surface area contributed by atoms with Gasteiger partial charge in [0.1, 0.15) is 5.54 Å². The smallest absolute Gasteiger partial charge is 0.290 e. The molecule has 0 bridgehead atoms. The fourth-order valence-corrected chi connectivity index (χ4v) is 4.00. The molecule has 2 aliphatic rings. The highest BCUT2D eigenvalue weighted by Crippen LogP contribution is 2.38. The number of carbonyl (C=O) groups is 3. The number of carbonyl (C=O) groups excluding carboxylic acids is 2. The van der Waals surface area contributed by atoms with Gasteiger partial charge in [0.25, 0.3) is 6.47 Å². The van der Waals surface area contributed by atoms with Crippen molar-refractivity contribution >= 4 is 18.3 Å². The van der Waals surface area contributed by atoms with E-state index in [1.54, 1.807) is 13.3 Å². The maximum absolute atomic E-state index is 13.1. The van der Waals surface area contributed by atoms with Crippen molar-refractivity contribution in [2.75, 3.05) is 33.4 Å². The van der Waals surface area contributed by atoms with E-state index in [0.29, 0.717) is 32.5 Å². The number of nitrogens with zero attached hydrogens (tertiary/aromatic N) is 3. The number of carboxylic acid groups (broad SMARTS) is 1. The summed E-state index contributed by atoms with van der Waals surface area (Å²) in [6, 6.07) is 0. The Balaban J connectivity index is 0.000000817. The highest BCUT2D eigenvalue weighted by Gasteiger charge is 2.52. The SMILES string of the molecule is COCCN1CCCC2(CCCN2C(=O)CCc2cn[nH]c2)C1=O.O=CO. The molecular formula is C18H28N4O5. The summed E-state index contributed by atoms with van der Waals surface area (Å²) in [7, 11) is 1.64. The number of piperidine rings is 1. The van der Waals surface area contributed by atoms with E-state index in [1.807, 2.05) is 16.0 Å². The Bertz CT molecular complexity index is 621. The number of amides is 2. The van der Waals surface area contributed by atoms with Gasteiger partial charge in [-0.3, -0.25) is 19.5 Å². The summed E-state index contributed by atoms with van der Waals surface area (Å²) in [6.45, 7) is 2.35. The first-order chi connectivity index (χ1) is 13.1. The number of likely N-dealkylation sites (tertiary alicyclic amines) is 2. The molecule has 2 saturated heterocycles. The number of aromatic nitrogens is 2. The van der Waals surface area contributed by atoms with Crippen LogP contribution in [0.5, 0.6) is 0 Å². The van der Waals surface area contributed by atoms with Crippen LogP contribution in [0, 0.1) is 0 Å². The molecule has 1 aromatic rings. The van der Waals surface area contributed by atoms with E-state index in [2.05, 4.69) is 10.2 Å². The predicted molar refractivity (Wildman–Crippen MR) is 97.0 cm³/mol. The number of ether oxygens (including phenoxy) is 1. The van der Waals surface area contributed by atoms with Gasteiger partial charge in [0.15, 0.2) is 0 Å². The molecule has 9 heteroatoms. The zero-order valence-electron chi connectivity index (χ0n) is 15.7. The molecule has 27 heavy (non-hydrogen) atoms. The Morgan fingerprint density at radius 1 is 1.41 bits per heavy atom. The lowest BCUT2D eigenvalue weighted by atomic mass is 9.85. The van der Waals surface area contributed by atoms with Crippen LogP contribution in [-0.2, 0) is 25.5 Å². The van der Waals surface area contributed by atoms with Crippen molar-refractivity contribution in [2.45, 2.75) is 44.1 Å². The van der Waals surface area contributed by atoms with Gasteiger partial charge in [-0.25, -0.2) is 0 Å². The maximum Gasteiger partial charge on any atom is 0.290 e. The van der Waals surface area contributed by atoms with E-state index in [1.165, 1.54) is 0 Å². The summed E-state index contributed by atoms with van der Waals surface area (Å²) in [5.74, 6) is 0.190. The molecule has 3 heterocycles.